The third kappa shape index (κ3) is 4.48. The number of oxazole rings is 1. The van der Waals surface area contributed by atoms with E-state index in [0.717, 1.165) is 0 Å². The van der Waals surface area contributed by atoms with E-state index in [-0.39, 0.29) is 35.5 Å². The summed E-state index contributed by atoms with van der Waals surface area (Å²) in [5.74, 6) is -1.86. The van der Waals surface area contributed by atoms with E-state index >= 15 is 0 Å². The molecule has 0 aliphatic rings. The molecule has 4 rings (SSSR count). The molecule has 0 radical (unpaired) electrons. The minimum Gasteiger partial charge on any atom is -0.460 e. The van der Waals surface area contributed by atoms with Crippen LogP contribution in [-0.4, -0.2) is 34.1 Å². The molecule has 0 saturated heterocycles. The molecule has 10 heteroatoms. The number of thioether (sulfide) groups is 1. The summed E-state index contributed by atoms with van der Waals surface area (Å²) in [4.78, 5) is 49.2. The summed E-state index contributed by atoms with van der Waals surface area (Å²) in [7, 11) is 0. The van der Waals surface area contributed by atoms with Gasteiger partial charge in [-0.2, -0.15) is 0 Å². The summed E-state index contributed by atoms with van der Waals surface area (Å²) < 4.78 is 11.8. The fraction of sp³-hybridized carbons (Fsp3) is 0.125. The van der Waals surface area contributed by atoms with E-state index in [1.165, 1.54) is 46.7 Å². The molecule has 0 unspecified atom stereocenters. The minimum atomic E-state index is -0.750. The van der Waals surface area contributed by atoms with Gasteiger partial charge in [0, 0.05) is 17.2 Å². The predicted octanol–water partition coefficient (Wildman–Crippen LogP) is 4.31. The fourth-order valence-electron chi connectivity index (χ4n) is 3.52. The average molecular weight is 478 g/mol. The molecule has 9 nitrogen and oxygen atoms in total. The molecule has 0 bridgehead atoms. The van der Waals surface area contributed by atoms with Crippen LogP contribution in [0.4, 0.5) is 5.69 Å². The zero-order valence-electron chi connectivity index (χ0n) is 17.9. The number of esters is 1. The van der Waals surface area contributed by atoms with Gasteiger partial charge in [-0.1, -0.05) is 30.3 Å². The van der Waals surface area contributed by atoms with Crippen molar-refractivity contribution in [1.82, 2.24) is 4.57 Å². The zero-order valence-corrected chi connectivity index (χ0v) is 18.7. The van der Waals surface area contributed by atoms with Crippen LogP contribution in [0.15, 0.2) is 80.8 Å². The number of fused-ring (bicyclic) bond motifs is 1. The van der Waals surface area contributed by atoms with Gasteiger partial charge in [0.1, 0.15) is 6.61 Å². The Morgan fingerprint density at radius 3 is 2.50 bits per heavy atom. The Morgan fingerprint density at radius 1 is 1.06 bits per heavy atom. The second kappa shape index (κ2) is 9.75. The Morgan fingerprint density at radius 2 is 1.76 bits per heavy atom. The molecule has 0 aliphatic heterocycles. The minimum absolute atomic E-state index is 0.0218. The monoisotopic (exact) mass is 478 g/mol. The van der Waals surface area contributed by atoms with Gasteiger partial charge < -0.3 is 9.15 Å². The van der Waals surface area contributed by atoms with Crippen molar-refractivity contribution in [3.05, 3.63) is 104 Å². The number of carbonyl (C=O) groups excluding carboxylic acids is 2. The molecular formula is C24H18N2O7S. The number of aromatic nitrogens is 1. The molecule has 0 amide bonds. The van der Waals surface area contributed by atoms with E-state index in [0.29, 0.717) is 16.0 Å². The molecular weight excluding hydrogens is 460 g/mol. The lowest BCUT2D eigenvalue weighted by atomic mass is 9.98. The number of benzene rings is 3. The second-order valence-electron chi connectivity index (χ2n) is 7.14. The van der Waals surface area contributed by atoms with Crippen molar-refractivity contribution in [2.75, 3.05) is 12.9 Å². The Labute approximate surface area is 197 Å². The second-order valence-corrected chi connectivity index (χ2v) is 7.99. The molecule has 0 saturated carbocycles. The third-order valence-corrected chi connectivity index (χ3v) is 5.94. The fourth-order valence-corrected chi connectivity index (χ4v) is 4.07. The highest BCUT2D eigenvalue weighted by molar-refractivity contribution is 7.98. The van der Waals surface area contributed by atoms with E-state index in [1.54, 1.807) is 42.7 Å². The maximum atomic E-state index is 13.1. The summed E-state index contributed by atoms with van der Waals surface area (Å²) in [6.45, 7) is -0.0568. The van der Waals surface area contributed by atoms with Gasteiger partial charge >= 0.3 is 11.7 Å². The van der Waals surface area contributed by atoms with Crippen molar-refractivity contribution in [1.29, 1.82) is 0 Å². The lowest BCUT2D eigenvalue weighted by Crippen LogP contribution is -2.20. The van der Waals surface area contributed by atoms with Crippen LogP contribution in [0.3, 0.4) is 0 Å². The first-order valence-electron chi connectivity index (χ1n) is 10.1. The summed E-state index contributed by atoms with van der Waals surface area (Å²) >= 11 is 1.20. The number of ketones is 1. The van der Waals surface area contributed by atoms with Crippen LogP contribution in [0.1, 0.15) is 26.3 Å². The van der Waals surface area contributed by atoms with Crippen LogP contribution in [0.25, 0.3) is 11.1 Å². The molecule has 0 fully saturated rings. The predicted molar refractivity (Wildman–Crippen MR) is 126 cm³/mol. The molecule has 0 atom stereocenters. The third-order valence-electron chi connectivity index (χ3n) is 5.15. The topological polar surface area (TPSA) is 122 Å². The van der Waals surface area contributed by atoms with Crippen LogP contribution in [0.5, 0.6) is 0 Å². The first-order valence-corrected chi connectivity index (χ1v) is 11.3. The van der Waals surface area contributed by atoms with E-state index < -0.39 is 22.4 Å². The number of nitrogens with zero attached hydrogens (tertiary/aromatic N) is 2. The normalized spacial score (nSPS) is 10.9. The van der Waals surface area contributed by atoms with Gasteiger partial charge in [0.2, 0.25) is 0 Å². The quantitative estimate of drug-likeness (QED) is 0.121. The first kappa shape index (κ1) is 23.0. The van der Waals surface area contributed by atoms with Gasteiger partial charge in [0.25, 0.3) is 5.69 Å². The van der Waals surface area contributed by atoms with Gasteiger partial charge in [-0.25, -0.2) is 9.59 Å². The van der Waals surface area contributed by atoms with Gasteiger partial charge in [0.15, 0.2) is 11.4 Å². The first-order chi connectivity index (χ1) is 16.4. The number of hydrogen-bond donors (Lipinski definition) is 0. The van der Waals surface area contributed by atoms with E-state index in [2.05, 4.69) is 0 Å². The molecule has 4 aromatic rings. The van der Waals surface area contributed by atoms with E-state index in [1.807, 2.05) is 0 Å². The number of rotatable bonds is 8. The van der Waals surface area contributed by atoms with Crippen molar-refractivity contribution in [2.45, 2.75) is 11.4 Å². The lowest BCUT2D eigenvalue weighted by Gasteiger charge is -2.10. The van der Waals surface area contributed by atoms with Gasteiger partial charge in [-0.15, -0.1) is 11.8 Å². The van der Waals surface area contributed by atoms with Gasteiger partial charge in [-0.3, -0.25) is 19.5 Å². The summed E-state index contributed by atoms with van der Waals surface area (Å²) in [6, 6.07) is 17.2. The lowest BCUT2D eigenvalue weighted by molar-refractivity contribution is -0.387. The van der Waals surface area contributed by atoms with Crippen LogP contribution in [-0.2, 0) is 11.3 Å². The Kier molecular flexibility index (Phi) is 6.60. The van der Waals surface area contributed by atoms with Crippen molar-refractivity contribution in [3.8, 4) is 0 Å². The van der Waals surface area contributed by atoms with Crippen molar-refractivity contribution >= 4 is 40.3 Å². The van der Waals surface area contributed by atoms with E-state index in [9.17, 15) is 24.5 Å². The number of para-hydroxylation sites is 2. The molecule has 0 spiro atoms. The largest absolute Gasteiger partial charge is 0.460 e. The number of hydrogen-bond acceptors (Lipinski definition) is 8. The Hall–Kier alpha value is -4.18. The van der Waals surface area contributed by atoms with Gasteiger partial charge in [0.05, 0.1) is 27.4 Å². The standard InChI is InChI=1S/C24H18N2O7S/c1-34-21-11-10-15(14-19(21)26(30)31)22(27)16-6-2-3-7-17(16)23(28)32-13-12-25-18-8-4-5-9-20(18)33-24(25)29/h2-11,14H,12-13H2,1H3. The summed E-state index contributed by atoms with van der Waals surface area (Å²) in [6.07, 6.45) is 1.70. The van der Waals surface area contributed by atoms with Crippen molar-refractivity contribution < 1.29 is 23.7 Å². The highest BCUT2D eigenvalue weighted by Gasteiger charge is 2.22. The highest BCUT2D eigenvalue weighted by atomic mass is 32.2. The molecule has 0 N–H and O–H groups in total. The van der Waals surface area contributed by atoms with Gasteiger partial charge in [-0.05, 0) is 36.6 Å². The maximum Gasteiger partial charge on any atom is 0.420 e. The molecule has 3 aromatic carbocycles. The molecule has 34 heavy (non-hydrogen) atoms. The van der Waals surface area contributed by atoms with E-state index in [4.69, 9.17) is 9.15 Å². The molecule has 0 aliphatic carbocycles. The summed E-state index contributed by atoms with van der Waals surface area (Å²) in [5, 5.41) is 11.4. The van der Waals surface area contributed by atoms with Crippen LogP contribution in [0.2, 0.25) is 0 Å². The van der Waals surface area contributed by atoms with Crippen LogP contribution >= 0.6 is 11.8 Å². The smallest absolute Gasteiger partial charge is 0.420 e. The molecule has 1 heterocycles. The summed E-state index contributed by atoms with van der Waals surface area (Å²) in [5.41, 5.74) is 0.987. The number of nitro groups is 1. The number of carbonyl (C=O) groups is 2. The van der Waals surface area contributed by atoms with Crippen LogP contribution < -0.4 is 5.76 Å². The Balaban J connectivity index is 1.54. The Bertz CT molecular complexity index is 1470. The number of ether oxygens (including phenoxy) is 1. The average Bonchev–Trinajstić information content (AvgIpc) is 3.18. The number of nitro benzene ring substituents is 1. The molecule has 172 valence electrons. The zero-order chi connectivity index (χ0) is 24.2. The SMILES string of the molecule is CSc1ccc(C(=O)c2ccccc2C(=O)OCCn2c(=O)oc3ccccc32)cc1[N+](=O)[O-]. The van der Waals surface area contributed by atoms with Crippen LogP contribution in [0, 0.1) is 10.1 Å². The van der Waals surface area contributed by atoms with Crippen molar-refractivity contribution in [2.24, 2.45) is 0 Å². The molecule has 1 aromatic heterocycles. The highest BCUT2D eigenvalue weighted by Crippen LogP contribution is 2.29. The van der Waals surface area contributed by atoms with Crippen molar-refractivity contribution in [3.63, 3.8) is 0 Å². The maximum absolute atomic E-state index is 13.1.